The number of para-hydroxylation sites is 2. The fraction of sp³-hybridized carbons (Fsp3) is 0. The molecule has 0 spiro atoms. The van der Waals surface area contributed by atoms with Crippen molar-refractivity contribution in [2.75, 3.05) is 0 Å². The van der Waals surface area contributed by atoms with E-state index in [0.717, 1.165) is 87.8 Å². The van der Waals surface area contributed by atoms with Crippen LogP contribution >= 0.6 is 11.3 Å². The van der Waals surface area contributed by atoms with Crippen LogP contribution in [0.4, 0.5) is 0 Å². The van der Waals surface area contributed by atoms with Crippen molar-refractivity contribution in [1.82, 2.24) is 29.5 Å². The molecule has 8 heteroatoms. The summed E-state index contributed by atoms with van der Waals surface area (Å²) >= 11 is 1.73. The third-order valence-electron chi connectivity index (χ3n) is 11.9. The minimum atomic E-state index is 0.554. The fourth-order valence-corrected chi connectivity index (χ4v) is 10.1. The van der Waals surface area contributed by atoms with E-state index in [1.807, 2.05) is 54.6 Å². The first-order chi connectivity index (χ1) is 31.2. The van der Waals surface area contributed by atoms with Crippen LogP contribution in [0.25, 0.3) is 127 Å². The number of thiophene rings is 1. The molecule has 0 aliphatic heterocycles. The molecule has 0 aliphatic rings. The number of furan rings is 1. The third-order valence-corrected chi connectivity index (χ3v) is 13.1. The molecule has 8 aromatic carbocycles. The van der Waals surface area contributed by atoms with Crippen LogP contribution in [0.2, 0.25) is 0 Å². The van der Waals surface area contributed by atoms with Crippen LogP contribution in [0.15, 0.2) is 199 Å². The molecule has 0 radical (unpaired) electrons. The quantitative estimate of drug-likeness (QED) is 0.166. The van der Waals surface area contributed by atoms with Crippen LogP contribution in [0, 0.1) is 0 Å². The predicted octanol–water partition coefficient (Wildman–Crippen LogP) is 14.4. The molecule has 5 heterocycles. The Morgan fingerprint density at radius 2 is 0.984 bits per heavy atom. The molecule has 5 aromatic heterocycles. The average Bonchev–Trinajstić information content (AvgIpc) is 4.04. The summed E-state index contributed by atoms with van der Waals surface area (Å²) in [6.07, 6.45) is 0. The van der Waals surface area contributed by atoms with Gasteiger partial charge < -0.3 is 8.98 Å². The van der Waals surface area contributed by atoms with Gasteiger partial charge in [0.1, 0.15) is 11.2 Å². The van der Waals surface area contributed by atoms with Crippen LogP contribution in [0.3, 0.4) is 0 Å². The van der Waals surface area contributed by atoms with E-state index in [-0.39, 0.29) is 0 Å². The molecule has 7 nitrogen and oxygen atoms in total. The van der Waals surface area contributed by atoms with Gasteiger partial charge in [-0.1, -0.05) is 133 Å². The van der Waals surface area contributed by atoms with Gasteiger partial charge in [-0.2, -0.15) is 0 Å². The molecule has 0 N–H and O–H groups in total. The van der Waals surface area contributed by atoms with Crippen molar-refractivity contribution >= 4 is 75.4 Å². The summed E-state index contributed by atoms with van der Waals surface area (Å²) in [6.45, 7) is 0. The molecule has 0 unspecified atom stereocenters. The highest BCUT2D eigenvalue weighted by atomic mass is 32.1. The Kier molecular flexibility index (Phi) is 7.94. The highest BCUT2D eigenvalue weighted by molar-refractivity contribution is 7.26. The maximum absolute atomic E-state index is 6.65. The fourth-order valence-electron chi connectivity index (χ4n) is 8.96. The Morgan fingerprint density at radius 1 is 0.397 bits per heavy atom. The van der Waals surface area contributed by atoms with Gasteiger partial charge in [-0.25, -0.2) is 24.9 Å². The molecule has 0 amide bonds. The second kappa shape index (κ2) is 14.1. The van der Waals surface area contributed by atoms with Gasteiger partial charge in [0, 0.05) is 65.1 Å². The Labute approximate surface area is 364 Å². The lowest BCUT2D eigenvalue weighted by Gasteiger charge is -2.11. The smallest absolute Gasteiger partial charge is 0.164 e. The number of rotatable bonds is 6. The monoisotopic (exact) mass is 824 g/mol. The molecular weight excluding hydrogens is 793 g/mol. The number of hydrogen-bond acceptors (Lipinski definition) is 7. The normalized spacial score (nSPS) is 11.8. The van der Waals surface area contributed by atoms with Crippen molar-refractivity contribution in [2.45, 2.75) is 0 Å². The average molecular weight is 825 g/mol. The van der Waals surface area contributed by atoms with Gasteiger partial charge in [-0.3, -0.25) is 0 Å². The highest BCUT2D eigenvalue weighted by Crippen LogP contribution is 2.42. The maximum atomic E-state index is 6.65. The van der Waals surface area contributed by atoms with Crippen LogP contribution in [-0.4, -0.2) is 29.5 Å². The lowest BCUT2D eigenvalue weighted by atomic mass is 10.0. The van der Waals surface area contributed by atoms with Crippen molar-refractivity contribution in [2.24, 2.45) is 0 Å². The topological polar surface area (TPSA) is 82.5 Å². The van der Waals surface area contributed by atoms with Gasteiger partial charge in [-0.15, -0.1) is 11.3 Å². The molecule has 0 bridgehead atoms. The number of fused-ring (bicyclic) bond motifs is 9. The van der Waals surface area contributed by atoms with Crippen LogP contribution < -0.4 is 0 Å². The van der Waals surface area contributed by atoms with E-state index in [1.165, 1.54) is 15.5 Å². The first kappa shape index (κ1) is 35.4. The molecule has 13 aromatic rings. The largest absolute Gasteiger partial charge is 0.456 e. The molecule has 0 saturated carbocycles. The molecule has 0 aliphatic carbocycles. The zero-order valence-electron chi connectivity index (χ0n) is 33.5. The standard InChI is InChI=1S/C55H32N6OS/c1-3-14-33(15-4-1)49-51-50(41-20-9-12-25-47(41)63-51)57-55(56-49)42-21-13-24-45-48(42)40-31-28-36(32-46(40)62-45)54-59-52(34-16-5-2-6-17-34)58-53(60-54)35-26-29-37(30-27-35)61-43-22-10-7-18-38(43)39-19-8-11-23-44(39)61/h1-32H. The Hall–Kier alpha value is -8.33. The second-order valence-electron chi connectivity index (χ2n) is 15.6. The van der Waals surface area contributed by atoms with E-state index in [1.54, 1.807) is 11.3 Å². The van der Waals surface area contributed by atoms with Crippen molar-refractivity contribution in [3.05, 3.63) is 194 Å². The van der Waals surface area contributed by atoms with Crippen molar-refractivity contribution in [1.29, 1.82) is 0 Å². The van der Waals surface area contributed by atoms with Crippen molar-refractivity contribution < 1.29 is 4.42 Å². The number of hydrogen-bond donors (Lipinski definition) is 0. The van der Waals surface area contributed by atoms with E-state index >= 15 is 0 Å². The molecule has 294 valence electrons. The number of nitrogens with zero attached hydrogens (tertiary/aromatic N) is 6. The van der Waals surface area contributed by atoms with Gasteiger partial charge in [0.2, 0.25) is 0 Å². The summed E-state index contributed by atoms with van der Waals surface area (Å²) in [4.78, 5) is 25.8. The molecule has 13 rings (SSSR count). The van der Waals surface area contributed by atoms with Gasteiger partial charge >= 0.3 is 0 Å². The van der Waals surface area contributed by atoms with E-state index in [9.17, 15) is 0 Å². The minimum Gasteiger partial charge on any atom is -0.456 e. The third kappa shape index (κ3) is 5.76. The lowest BCUT2D eigenvalue weighted by molar-refractivity contribution is 0.669. The summed E-state index contributed by atoms with van der Waals surface area (Å²) < 4.78 is 11.2. The van der Waals surface area contributed by atoms with E-state index in [2.05, 4.69) is 144 Å². The van der Waals surface area contributed by atoms with Crippen LogP contribution in [-0.2, 0) is 0 Å². The van der Waals surface area contributed by atoms with Gasteiger partial charge in [0.05, 0.1) is 26.9 Å². The summed E-state index contributed by atoms with van der Waals surface area (Å²) in [7, 11) is 0. The summed E-state index contributed by atoms with van der Waals surface area (Å²) in [5, 5.41) is 5.49. The van der Waals surface area contributed by atoms with Gasteiger partial charge in [-0.05, 0) is 60.7 Å². The Balaban J connectivity index is 0.938. The van der Waals surface area contributed by atoms with Gasteiger partial charge in [0.15, 0.2) is 23.3 Å². The summed E-state index contributed by atoms with van der Waals surface area (Å²) in [5.74, 6) is 2.39. The predicted molar refractivity (Wildman–Crippen MR) is 257 cm³/mol. The van der Waals surface area contributed by atoms with Crippen LogP contribution in [0.5, 0.6) is 0 Å². The maximum Gasteiger partial charge on any atom is 0.164 e. The summed E-state index contributed by atoms with van der Waals surface area (Å²) in [6, 6.07) is 66.8. The Bertz CT molecular complexity index is 3860. The van der Waals surface area contributed by atoms with E-state index in [4.69, 9.17) is 29.3 Å². The van der Waals surface area contributed by atoms with Crippen molar-refractivity contribution in [3.8, 4) is 62.5 Å². The molecule has 0 atom stereocenters. The van der Waals surface area contributed by atoms with Crippen molar-refractivity contribution in [3.63, 3.8) is 0 Å². The lowest BCUT2D eigenvalue weighted by Crippen LogP contribution is -2.00. The second-order valence-corrected chi connectivity index (χ2v) is 16.7. The summed E-state index contributed by atoms with van der Waals surface area (Å²) in [5.41, 5.74) is 11.3. The first-order valence-electron chi connectivity index (χ1n) is 20.8. The number of benzene rings is 8. The number of aromatic nitrogens is 6. The zero-order chi connectivity index (χ0) is 41.4. The van der Waals surface area contributed by atoms with Gasteiger partial charge in [0.25, 0.3) is 0 Å². The Morgan fingerprint density at radius 3 is 1.70 bits per heavy atom. The molecule has 0 fully saturated rings. The minimum absolute atomic E-state index is 0.554. The highest BCUT2D eigenvalue weighted by Gasteiger charge is 2.21. The molecular formula is C55H32N6OS. The van der Waals surface area contributed by atoms with E-state index in [0.29, 0.717) is 23.3 Å². The van der Waals surface area contributed by atoms with E-state index < -0.39 is 0 Å². The van der Waals surface area contributed by atoms with Crippen LogP contribution in [0.1, 0.15) is 0 Å². The first-order valence-corrected chi connectivity index (χ1v) is 21.6. The zero-order valence-corrected chi connectivity index (χ0v) is 34.3. The SMILES string of the molecule is c1ccc(-c2nc(-c3ccc(-n4c5ccccc5c5ccccc54)cc3)nc(-c3ccc4c(c3)oc3cccc(-c5nc(-c6ccccc6)c6sc7ccccc7c6n5)c34)n2)cc1. The molecule has 63 heavy (non-hydrogen) atoms. The molecule has 0 saturated heterocycles.